The first-order chi connectivity index (χ1) is 7.71. The van der Waals surface area contributed by atoms with E-state index < -0.39 is 33.9 Å². The number of non-ortho nitro benzene ring substituents is 1. The summed E-state index contributed by atoms with van der Waals surface area (Å²) in [6, 6.07) is 2.12. The van der Waals surface area contributed by atoms with Crippen LogP contribution in [0.3, 0.4) is 0 Å². The van der Waals surface area contributed by atoms with Gasteiger partial charge in [-0.05, 0) is 6.07 Å². The van der Waals surface area contributed by atoms with Crippen LogP contribution >= 0.6 is 0 Å². The van der Waals surface area contributed by atoms with Crippen LogP contribution in [0.2, 0.25) is 0 Å². The fourth-order valence-corrected chi connectivity index (χ4v) is 1.18. The number of hydrogen-bond donors (Lipinski definition) is 1. The lowest BCUT2D eigenvalue weighted by molar-refractivity contribution is -0.385. The summed E-state index contributed by atoms with van der Waals surface area (Å²) in [4.78, 5) is 20.1. The molecular weight excluding hydrogens is 241 g/mol. The van der Waals surface area contributed by atoms with E-state index in [1.165, 1.54) is 0 Å². The highest BCUT2D eigenvalue weighted by molar-refractivity contribution is 5.89. The van der Waals surface area contributed by atoms with Gasteiger partial charge in [-0.15, -0.1) is 0 Å². The molecule has 0 aliphatic heterocycles. The summed E-state index contributed by atoms with van der Waals surface area (Å²) in [7, 11) is 0. The Labute approximate surface area is 93.4 Å². The third-order valence-electron chi connectivity index (χ3n) is 1.83. The largest absolute Gasteiger partial charge is 0.418 e. The van der Waals surface area contributed by atoms with E-state index >= 15 is 0 Å². The molecule has 0 aliphatic carbocycles. The first kappa shape index (κ1) is 12.9. The van der Waals surface area contributed by atoms with Crippen LogP contribution in [0.15, 0.2) is 18.2 Å². The van der Waals surface area contributed by atoms with Gasteiger partial charge in [0.2, 0.25) is 5.91 Å². The number of benzene rings is 1. The molecule has 1 N–H and O–H groups in total. The fraction of sp³-hybridized carbons (Fsp3) is 0.222. The van der Waals surface area contributed by atoms with Gasteiger partial charge in [0, 0.05) is 19.1 Å². The maximum absolute atomic E-state index is 12.6. The predicted octanol–water partition coefficient (Wildman–Crippen LogP) is 2.57. The van der Waals surface area contributed by atoms with Crippen molar-refractivity contribution in [3.63, 3.8) is 0 Å². The van der Waals surface area contributed by atoms with E-state index in [-0.39, 0.29) is 0 Å². The van der Waals surface area contributed by atoms with E-state index in [9.17, 15) is 28.1 Å². The molecule has 0 atom stereocenters. The zero-order chi connectivity index (χ0) is 13.2. The highest BCUT2D eigenvalue weighted by Gasteiger charge is 2.35. The first-order valence-corrected chi connectivity index (χ1v) is 4.35. The fourth-order valence-electron chi connectivity index (χ4n) is 1.18. The molecule has 1 aromatic carbocycles. The SMILES string of the molecule is CC(=O)Nc1ccc([N+](=O)[O-])cc1C(F)(F)F. The lowest BCUT2D eigenvalue weighted by Crippen LogP contribution is -2.14. The van der Waals surface area contributed by atoms with Crippen molar-refractivity contribution in [2.45, 2.75) is 13.1 Å². The smallest absolute Gasteiger partial charge is 0.326 e. The summed E-state index contributed by atoms with van der Waals surface area (Å²) in [5, 5.41) is 12.3. The quantitative estimate of drug-likeness (QED) is 0.645. The highest BCUT2D eigenvalue weighted by atomic mass is 19.4. The van der Waals surface area contributed by atoms with Crippen LogP contribution in [0.1, 0.15) is 12.5 Å². The molecule has 0 bridgehead atoms. The Morgan fingerprint density at radius 3 is 2.41 bits per heavy atom. The third-order valence-corrected chi connectivity index (χ3v) is 1.83. The molecule has 1 aromatic rings. The number of hydrogen-bond acceptors (Lipinski definition) is 3. The average molecular weight is 248 g/mol. The number of rotatable bonds is 2. The molecule has 0 unspecified atom stereocenters. The van der Waals surface area contributed by atoms with E-state index in [0.717, 1.165) is 19.1 Å². The molecule has 17 heavy (non-hydrogen) atoms. The maximum atomic E-state index is 12.6. The molecule has 1 rings (SSSR count). The minimum absolute atomic E-state index is 0.380. The minimum atomic E-state index is -4.77. The molecule has 0 spiro atoms. The number of alkyl halides is 3. The van der Waals surface area contributed by atoms with E-state index in [1.807, 2.05) is 5.32 Å². The summed E-state index contributed by atoms with van der Waals surface area (Å²) in [6.45, 7) is 1.04. The number of carbonyl (C=O) groups is 1. The molecule has 0 aliphatic rings. The normalized spacial score (nSPS) is 11.1. The molecule has 0 aromatic heterocycles. The van der Waals surface area contributed by atoms with Gasteiger partial charge in [0.15, 0.2) is 0 Å². The molecule has 0 saturated carbocycles. The van der Waals surface area contributed by atoms with E-state index in [0.29, 0.717) is 6.07 Å². The molecule has 1 amide bonds. The van der Waals surface area contributed by atoms with Crippen LogP contribution < -0.4 is 5.32 Å². The number of halogens is 3. The number of carbonyl (C=O) groups excluding carboxylic acids is 1. The van der Waals surface area contributed by atoms with Crippen molar-refractivity contribution in [2.75, 3.05) is 5.32 Å². The zero-order valence-electron chi connectivity index (χ0n) is 8.54. The second-order valence-electron chi connectivity index (χ2n) is 3.17. The van der Waals surface area contributed by atoms with Crippen molar-refractivity contribution in [3.05, 3.63) is 33.9 Å². The molecule has 92 valence electrons. The lowest BCUT2D eigenvalue weighted by Gasteiger charge is -2.12. The number of nitro benzene ring substituents is 1. The Morgan fingerprint density at radius 2 is 2.00 bits per heavy atom. The average Bonchev–Trinajstić information content (AvgIpc) is 2.15. The van der Waals surface area contributed by atoms with Crippen molar-refractivity contribution in [3.8, 4) is 0 Å². The summed E-state index contributed by atoms with van der Waals surface area (Å²) in [6.07, 6.45) is -4.77. The Hall–Kier alpha value is -2.12. The van der Waals surface area contributed by atoms with Crippen molar-refractivity contribution < 1.29 is 22.9 Å². The van der Waals surface area contributed by atoms with Gasteiger partial charge >= 0.3 is 6.18 Å². The van der Waals surface area contributed by atoms with Crippen LogP contribution in [-0.4, -0.2) is 10.8 Å². The molecule has 0 fully saturated rings. The van der Waals surface area contributed by atoms with Gasteiger partial charge in [0.25, 0.3) is 5.69 Å². The van der Waals surface area contributed by atoms with Crippen molar-refractivity contribution in [1.29, 1.82) is 0 Å². The van der Waals surface area contributed by atoms with Gasteiger partial charge in [-0.1, -0.05) is 0 Å². The second-order valence-corrected chi connectivity index (χ2v) is 3.17. The van der Waals surface area contributed by atoms with Crippen LogP contribution in [0.4, 0.5) is 24.5 Å². The zero-order valence-corrected chi connectivity index (χ0v) is 8.54. The number of nitrogens with one attached hydrogen (secondary N) is 1. The predicted molar refractivity (Wildman–Crippen MR) is 52.4 cm³/mol. The molecule has 0 saturated heterocycles. The van der Waals surface area contributed by atoms with Crippen LogP contribution in [0, 0.1) is 10.1 Å². The molecule has 0 heterocycles. The van der Waals surface area contributed by atoms with Gasteiger partial charge in [-0.3, -0.25) is 14.9 Å². The van der Waals surface area contributed by atoms with Crippen molar-refractivity contribution in [1.82, 2.24) is 0 Å². The van der Waals surface area contributed by atoms with E-state index in [4.69, 9.17) is 0 Å². The third kappa shape index (κ3) is 3.16. The van der Waals surface area contributed by atoms with E-state index in [2.05, 4.69) is 0 Å². The van der Waals surface area contributed by atoms with Crippen molar-refractivity contribution in [2.24, 2.45) is 0 Å². The number of anilines is 1. The van der Waals surface area contributed by atoms with E-state index in [1.54, 1.807) is 0 Å². The Kier molecular flexibility index (Phi) is 3.35. The molecule has 8 heteroatoms. The van der Waals surface area contributed by atoms with Gasteiger partial charge in [-0.25, -0.2) is 0 Å². The number of nitrogens with zero attached hydrogens (tertiary/aromatic N) is 1. The van der Waals surface area contributed by atoms with Crippen molar-refractivity contribution >= 4 is 17.3 Å². The van der Waals surface area contributed by atoms with Crippen LogP contribution in [0.5, 0.6) is 0 Å². The number of nitro groups is 1. The maximum Gasteiger partial charge on any atom is 0.418 e. The first-order valence-electron chi connectivity index (χ1n) is 4.35. The summed E-state index contributed by atoms with van der Waals surface area (Å²) >= 11 is 0. The number of amides is 1. The second kappa shape index (κ2) is 4.40. The minimum Gasteiger partial charge on any atom is -0.326 e. The molecule has 0 radical (unpaired) electrons. The van der Waals surface area contributed by atoms with Crippen LogP contribution in [-0.2, 0) is 11.0 Å². The summed E-state index contributed by atoms with van der Waals surface area (Å²) in [5.41, 5.74) is -2.44. The topological polar surface area (TPSA) is 72.2 Å². The van der Waals surface area contributed by atoms with Gasteiger partial charge in [0.05, 0.1) is 16.2 Å². The lowest BCUT2D eigenvalue weighted by atomic mass is 10.1. The Bertz CT molecular complexity index is 471. The monoisotopic (exact) mass is 248 g/mol. The van der Waals surface area contributed by atoms with Crippen LogP contribution in [0.25, 0.3) is 0 Å². The Morgan fingerprint density at radius 1 is 1.41 bits per heavy atom. The summed E-state index contributed by atoms with van der Waals surface area (Å²) < 4.78 is 37.7. The van der Waals surface area contributed by atoms with Gasteiger partial charge in [0.1, 0.15) is 0 Å². The summed E-state index contributed by atoms with van der Waals surface area (Å²) in [5.74, 6) is -0.690. The molecular formula is C9H7F3N2O3. The highest BCUT2D eigenvalue weighted by Crippen LogP contribution is 2.36. The van der Waals surface area contributed by atoms with Gasteiger partial charge < -0.3 is 5.32 Å². The Balaban J connectivity index is 3.31. The molecule has 5 nitrogen and oxygen atoms in total. The van der Waals surface area contributed by atoms with Gasteiger partial charge in [-0.2, -0.15) is 13.2 Å². The standard InChI is InChI=1S/C9H7F3N2O3/c1-5(15)13-8-3-2-6(14(16)17)4-7(8)9(10,11)12/h2-4H,1H3,(H,13,15).